The van der Waals surface area contributed by atoms with E-state index >= 15 is 0 Å². The van der Waals surface area contributed by atoms with Gasteiger partial charge in [-0.25, -0.2) is 4.79 Å². The molecule has 0 amide bonds. The summed E-state index contributed by atoms with van der Waals surface area (Å²) in [5.41, 5.74) is 0.516. The monoisotopic (exact) mass is 214 g/mol. The van der Waals surface area contributed by atoms with E-state index in [-0.39, 0.29) is 0 Å². The smallest absolute Gasteiger partial charge is 0.393 e. The normalized spacial score (nSPS) is 32.6. The lowest BCUT2D eigenvalue weighted by Gasteiger charge is -2.16. The number of hydroxylamine groups is 3. The maximum atomic E-state index is 11.6. The minimum atomic E-state index is -1.46. The highest BCUT2D eigenvalue weighted by Crippen LogP contribution is 2.26. The van der Waals surface area contributed by atoms with Crippen LogP contribution in [0.2, 0.25) is 0 Å². The topological polar surface area (TPSA) is 86.8 Å². The van der Waals surface area contributed by atoms with Crippen LogP contribution in [0.25, 0.3) is 0 Å². The van der Waals surface area contributed by atoms with Gasteiger partial charge in [-0.3, -0.25) is 0 Å². The maximum Gasteiger partial charge on any atom is 0.393 e. The van der Waals surface area contributed by atoms with E-state index in [4.69, 9.17) is 5.11 Å². The third-order valence-electron chi connectivity index (χ3n) is 3.09. The number of rotatable bonds is 1. The number of nitrogens with zero attached hydrogens (tertiary/aromatic N) is 2. The van der Waals surface area contributed by atoms with Gasteiger partial charge in [0, 0.05) is 6.42 Å². The Morgan fingerprint density at radius 3 is 2.87 bits per heavy atom. The van der Waals surface area contributed by atoms with Gasteiger partial charge in [0.15, 0.2) is 5.71 Å². The third-order valence-corrected chi connectivity index (χ3v) is 3.09. The Hall–Kier alpha value is -1.14. The van der Waals surface area contributed by atoms with Gasteiger partial charge < -0.3 is 15.5 Å². The fourth-order valence-corrected chi connectivity index (χ4v) is 2.34. The van der Waals surface area contributed by atoms with Gasteiger partial charge >= 0.3 is 12.1 Å². The van der Waals surface area contributed by atoms with Crippen molar-refractivity contribution in [3.8, 4) is 0 Å². The van der Waals surface area contributed by atoms with Crippen molar-refractivity contribution in [1.82, 2.24) is 5.06 Å². The molecular weight excluding hydrogens is 200 g/mol. The van der Waals surface area contributed by atoms with Gasteiger partial charge in [-0.2, -0.15) is 4.74 Å². The first-order chi connectivity index (χ1) is 7.13. The highest BCUT2D eigenvalue weighted by molar-refractivity contribution is 5.89. The summed E-state index contributed by atoms with van der Waals surface area (Å²) < 4.78 is 0.457. The molecule has 1 aliphatic carbocycles. The Morgan fingerprint density at radius 2 is 2.20 bits per heavy atom. The van der Waals surface area contributed by atoms with Crippen molar-refractivity contribution in [2.45, 2.75) is 44.3 Å². The van der Waals surface area contributed by atoms with Crippen LogP contribution in [-0.2, 0) is 4.79 Å². The zero-order valence-electron chi connectivity index (χ0n) is 8.30. The van der Waals surface area contributed by atoms with Gasteiger partial charge in [0.05, 0.1) is 0 Å². The van der Waals surface area contributed by atoms with E-state index in [0.29, 0.717) is 28.4 Å². The molecule has 0 aromatic rings. The molecule has 84 valence electrons. The third kappa shape index (κ3) is 1.59. The number of carbonyl (C=O) groups is 1. The van der Waals surface area contributed by atoms with Gasteiger partial charge in [-0.15, -0.1) is 5.06 Å². The van der Waals surface area contributed by atoms with Crippen molar-refractivity contribution < 1.29 is 19.8 Å². The molecule has 1 heterocycles. The van der Waals surface area contributed by atoms with Crippen LogP contribution in [0.15, 0.2) is 0 Å². The zero-order valence-corrected chi connectivity index (χ0v) is 8.30. The Balaban J connectivity index is 2.31. The second-order valence-electron chi connectivity index (χ2n) is 4.02. The van der Waals surface area contributed by atoms with Gasteiger partial charge in [0.2, 0.25) is 0 Å². The number of carboxylic acid groups (broad SMARTS) is 1. The van der Waals surface area contributed by atoms with Crippen LogP contribution in [0.4, 0.5) is 0 Å². The zero-order chi connectivity index (χ0) is 11.0. The molecule has 0 aromatic carbocycles. The molecule has 0 spiro atoms. The van der Waals surface area contributed by atoms with E-state index in [9.17, 15) is 15.2 Å². The van der Waals surface area contributed by atoms with Crippen LogP contribution in [0.5, 0.6) is 0 Å². The van der Waals surface area contributed by atoms with Crippen molar-refractivity contribution >= 4 is 11.7 Å². The molecule has 2 aliphatic rings. The molecule has 15 heavy (non-hydrogen) atoms. The Labute approximate surface area is 87.0 Å². The molecule has 1 aliphatic heterocycles. The largest absolute Gasteiger partial charge is 0.622 e. The molecule has 0 aromatic heterocycles. The summed E-state index contributed by atoms with van der Waals surface area (Å²) in [7, 11) is 0. The van der Waals surface area contributed by atoms with Crippen molar-refractivity contribution in [3.63, 3.8) is 0 Å². The summed E-state index contributed by atoms with van der Waals surface area (Å²) >= 11 is 0. The van der Waals surface area contributed by atoms with Crippen LogP contribution >= 0.6 is 0 Å². The SMILES string of the molecule is O=C(O)C1N(O)C2CCCCCC2=[N+]1[O-]. The highest BCUT2D eigenvalue weighted by Gasteiger charge is 2.49. The predicted molar refractivity (Wildman–Crippen MR) is 50.6 cm³/mol. The molecule has 0 saturated heterocycles. The van der Waals surface area contributed by atoms with Crippen molar-refractivity contribution in [1.29, 1.82) is 0 Å². The Morgan fingerprint density at radius 1 is 1.47 bits per heavy atom. The average Bonchev–Trinajstić information content (AvgIpc) is 2.40. The minimum Gasteiger partial charge on any atom is -0.622 e. The fraction of sp³-hybridized carbons (Fsp3) is 0.778. The quantitative estimate of drug-likeness (QED) is 0.487. The molecule has 1 saturated carbocycles. The Bertz CT molecular complexity index is 315. The minimum absolute atomic E-state index is 0.397. The van der Waals surface area contributed by atoms with Gasteiger partial charge in [-0.05, 0) is 12.8 Å². The predicted octanol–water partition coefficient (Wildman–Crippen LogP) is 0.386. The molecular formula is C9H14N2O4. The fourth-order valence-electron chi connectivity index (χ4n) is 2.34. The van der Waals surface area contributed by atoms with E-state index in [2.05, 4.69) is 0 Å². The van der Waals surface area contributed by atoms with Crippen molar-refractivity contribution in [2.24, 2.45) is 0 Å². The molecule has 6 nitrogen and oxygen atoms in total. The molecule has 6 heteroatoms. The Kier molecular flexibility index (Phi) is 2.62. The van der Waals surface area contributed by atoms with Crippen LogP contribution in [0.3, 0.4) is 0 Å². The average molecular weight is 214 g/mol. The summed E-state index contributed by atoms with van der Waals surface area (Å²) in [6.45, 7) is 0. The van der Waals surface area contributed by atoms with Crippen LogP contribution in [0, 0.1) is 5.21 Å². The standard InChI is InChI=1S/C9H14N2O4/c12-9(13)8-10(14)6-4-2-1-3-5-7(6)11(8)15/h6,8,14H,1-5H2,(H,12,13). The lowest BCUT2D eigenvalue weighted by molar-refractivity contribution is -0.522. The lowest BCUT2D eigenvalue weighted by Crippen LogP contribution is -2.43. The van der Waals surface area contributed by atoms with Gasteiger partial charge in [-0.1, -0.05) is 12.8 Å². The molecule has 2 rings (SSSR count). The van der Waals surface area contributed by atoms with E-state index in [1.807, 2.05) is 0 Å². The van der Waals surface area contributed by atoms with E-state index < -0.39 is 18.2 Å². The second kappa shape index (κ2) is 3.79. The van der Waals surface area contributed by atoms with Crippen LogP contribution < -0.4 is 0 Å². The van der Waals surface area contributed by atoms with Gasteiger partial charge in [0.25, 0.3) is 0 Å². The number of aliphatic carboxylic acids is 1. The first kappa shape index (κ1) is 10.4. The van der Waals surface area contributed by atoms with E-state index in [0.717, 1.165) is 19.3 Å². The summed E-state index contributed by atoms with van der Waals surface area (Å²) in [6.07, 6.45) is 2.64. The number of hydrogen-bond donors (Lipinski definition) is 2. The van der Waals surface area contributed by atoms with E-state index in [1.54, 1.807) is 0 Å². The molecule has 2 atom stereocenters. The van der Waals surface area contributed by atoms with Crippen LogP contribution in [-0.4, -0.2) is 44.0 Å². The summed E-state index contributed by atoms with van der Waals surface area (Å²) in [5, 5.41) is 30.8. The van der Waals surface area contributed by atoms with Gasteiger partial charge in [0.1, 0.15) is 6.04 Å². The second-order valence-corrected chi connectivity index (χ2v) is 4.02. The molecule has 0 bridgehead atoms. The maximum absolute atomic E-state index is 11.6. The first-order valence-electron chi connectivity index (χ1n) is 5.15. The lowest BCUT2D eigenvalue weighted by atomic mass is 10.1. The van der Waals surface area contributed by atoms with Crippen molar-refractivity contribution in [2.75, 3.05) is 0 Å². The highest BCUT2D eigenvalue weighted by atomic mass is 16.6. The number of carboxylic acids is 1. The summed E-state index contributed by atoms with van der Waals surface area (Å²) in [5.74, 6) is -1.30. The number of fused-ring (bicyclic) bond motifs is 1. The number of hydrogen-bond acceptors (Lipinski definition) is 4. The summed E-state index contributed by atoms with van der Waals surface area (Å²) in [4.78, 5) is 10.8. The first-order valence-corrected chi connectivity index (χ1v) is 5.15. The molecule has 2 unspecified atom stereocenters. The molecule has 0 radical (unpaired) electrons. The van der Waals surface area contributed by atoms with Crippen molar-refractivity contribution in [3.05, 3.63) is 5.21 Å². The molecule has 1 fully saturated rings. The van der Waals surface area contributed by atoms with Crippen LogP contribution in [0.1, 0.15) is 32.1 Å². The molecule has 2 N–H and O–H groups in total. The summed E-state index contributed by atoms with van der Waals surface area (Å²) in [6, 6.07) is -0.397. The van der Waals surface area contributed by atoms with E-state index in [1.165, 1.54) is 0 Å².